The number of hydrogen-bond donors (Lipinski definition) is 0. The number of fused-ring (bicyclic) bond motifs is 12. The predicted molar refractivity (Wildman–Crippen MR) is 250 cm³/mol. The van der Waals surface area contributed by atoms with Gasteiger partial charge in [-0.1, -0.05) is 109 Å². The second kappa shape index (κ2) is 12.7. The van der Waals surface area contributed by atoms with Gasteiger partial charge in [-0.15, -0.1) is 0 Å². The van der Waals surface area contributed by atoms with Gasteiger partial charge in [0.2, 0.25) is 0 Å². The van der Waals surface area contributed by atoms with Gasteiger partial charge < -0.3 is 18.3 Å². The van der Waals surface area contributed by atoms with Gasteiger partial charge in [-0.05, 0) is 124 Å². The molecule has 0 aliphatic carbocycles. The zero-order chi connectivity index (χ0) is 39.3. The van der Waals surface area contributed by atoms with Crippen LogP contribution >= 0.6 is 0 Å². The van der Waals surface area contributed by atoms with Crippen molar-refractivity contribution < 1.29 is 8.83 Å². The monoisotopic (exact) mass is 766 g/mol. The van der Waals surface area contributed by atoms with E-state index < -0.39 is 0 Å². The van der Waals surface area contributed by atoms with Crippen molar-refractivity contribution in [1.82, 2.24) is 4.57 Å². The molecule has 0 spiro atoms. The Morgan fingerprint density at radius 3 is 1.88 bits per heavy atom. The number of anilines is 3. The van der Waals surface area contributed by atoms with Crippen molar-refractivity contribution >= 4 is 104 Å². The highest BCUT2D eigenvalue weighted by Crippen LogP contribution is 2.43. The smallest absolute Gasteiger partial charge is 0.137 e. The van der Waals surface area contributed by atoms with Gasteiger partial charge in [0, 0.05) is 61.1 Å². The lowest BCUT2D eigenvalue weighted by Gasteiger charge is -2.26. The van der Waals surface area contributed by atoms with Crippen LogP contribution in [0.15, 0.2) is 215 Å². The molecule has 0 atom stereocenters. The van der Waals surface area contributed by atoms with E-state index in [0.29, 0.717) is 0 Å². The third-order valence-corrected chi connectivity index (χ3v) is 12.3. The van der Waals surface area contributed by atoms with Crippen molar-refractivity contribution in [2.75, 3.05) is 4.90 Å². The lowest BCUT2D eigenvalue weighted by atomic mass is 9.99. The Morgan fingerprint density at radius 1 is 0.317 bits per heavy atom. The van der Waals surface area contributed by atoms with Crippen molar-refractivity contribution in [3.8, 4) is 16.8 Å². The number of hydrogen-bond acceptors (Lipinski definition) is 3. The maximum absolute atomic E-state index is 6.42. The highest BCUT2D eigenvalue weighted by atomic mass is 16.3. The molecule has 0 saturated heterocycles. The zero-order valence-corrected chi connectivity index (χ0v) is 32.3. The van der Waals surface area contributed by atoms with Gasteiger partial charge in [0.05, 0.1) is 11.0 Å². The minimum Gasteiger partial charge on any atom is -0.456 e. The van der Waals surface area contributed by atoms with Gasteiger partial charge in [-0.2, -0.15) is 0 Å². The number of aromatic nitrogens is 1. The molecule has 0 unspecified atom stereocenters. The summed E-state index contributed by atoms with van der Waals surface area (Å²) in [4.78, 5) is 2.34. The summed E-state index contributed by atoms with van der Waals surface area (Å²) in [6, 6.07) is 74.0. The minimum atomic E-state index is 0.866. The summed E-state index contributed by atoms with van der Waals surface area (Å²) in [6.07, 6.45) is 0. The molecular weight excluding hydrogens is 733 g/mol. The molecular formula is C56H34N2O2. The van der Waals surface area contributed by atoms with Gasteiger partial charge >= 0.3 is 0 Å². The van der Waals surface area contributed by atoms with Crippen LogP contribution < -0.4 is 4.90 Å². The number of benzene rings is 10. The first kappa shape index (κ1) is 32.9. The Balaban J connectivity index is 1.01. The SMILES string of the molecule is c1ccc(-n2c3ccc(-c4cccc(N(c5ccc6ccccc6c5)c5ccc6c(c5)oc5ccccc56)c4)cc3c3cc4ccc5oc6ccccc6c5c4cc32)cc1. The molecule has 3 heterocycles. The molecule has 0 N–H and O–H groups in total. The molecule has 280 valence electrons. The number of nitrogens with zero attached hydrogens (tertiary/aromatic N) is 2. The number of para-hydroxylation sites is 3. The molecule has 4 nitrogen and oxygen atoms in total. The molecule has 0 bridgehead atoms. The first-order valence-corrected chi connectivity index (χ1v) is 20.4. The van der Waals surface area contributed by atoms with E-state index in [1.807, 2.05) is 18.2 Å². The molecule has 0 aliphatic rings. The van der Waals surface area contributed by atoms with E-state index in [0.717, 1.165) is 88.8 Å². The van der Waals surface area contributed by atoms with E-state index in [2.05, 4.69) is 198 Å². The van der Waals surface area contributed by atoms with Crippen LogP contribution in [0.4, 0.5) is 17.1 Å². The maximum Gasteiger partial charge on any atom is 0.137 e. The van der Waals surface area contributed by atoms with Gasteiger partial charge in [-0.25, -0.2) is 0 Å². The van der Waals surface area contributed by atoms with Crippen LogP contribution in [0.2, 0.25) is 0 Å². The number of furan rings is 2. The standard InChI is InChI=1S/C56H34N2O2/c1-2-14-40(15-3-1)58-50-27-22-38(31-48(50)49-32-39-23-28-54-56(47(39)34-51(49)58)46-18-7-9-20-53(46)59-54)37-13-10-16-41(30-37)57(42-24-21-35-11-4-5-12-36(35)29-42)43-25-26-45-44-17-6-8-19-52(44)60-55(45)33-43/h1-34H. The first-order chi connectivity index (χ1) is 29.7. The average molecular weight is 767 g/mol. The van der Waals surface area contributed by atoms with E-state index in [1.54, 1.807) is 0 Å². The first-order valence-electron chi connectivity index (χ1n) is 20.4. The molecule has 3 aromatic heterocycles. The summed E-state index contributed by atoms with van der Waals surface area (Å²) in [5.41, 5.74) is 12.5. The van der Waals surface area contributed by atoms with Gasteiger partial charge in [0.25, 0.3) is 0 Å². The zero-order valence-electron chi connectivity index (χ0n) is 32.3. The Labute approximate surface area is 344 Å². The van der Waals surface area contributed by atoms with Gasteiger partial charge in [-0.3, -0.25) is 0 Å². The van der Waals surface area contributed by atoms with Crippen LogP contribution in [-0.4, -0.2) is 4.57 Å². The van der Waals surface area contributed by atoms with Crippen LogP contribution in [-0.2, 0) is 0 Å². The summed E-state index contributed by atoms with van der Waals surface area (Å²) in [5, 5.41) is 11.7. The van der Waals surface area contributed by atoms with E-state index in [9.17, 15) is 0 Å². The molecule has 0 radical (unpaired) electrons. The van der Waals surface area contributed by atoms with E-state index in [4.69, 9.17) is 8.83 Å². The van der Waals surface area contributed by atoms with Crippen molar-refractivity contribution in [2.24, 2.45) is 0 Å². The van der Waals surface area contributed by atoms with Crippen LogP contribution in [0.1, 0.15) is 0 Å². The van der Waals surface area contributed by atoms with Crippen LogP contribution in [0, 0.1) is 0 Å². The van der Waals surface area contributed by atoms with E-state index in [1.165, 1.54) is 32.3 Å². The molecule has 0 saturated carbocycles. The lowest BCUT2D eigenvalue weighted by Crippen LogP contribution is -2.10. The van der Waals surface area contributed by atoms with Crippen LogP contribution in [0.3, 0.4) is 0 Å². The summed E-state index contributed by atoms with van der Waals surface area (Å²) >= 11 is 0. The fourth-order valence-corrected chi connectivity index (χ4v) is 9.54. The summed E-state index contributed by atoms with van der Waals surface area (Å²) in [6.45, 7) is 0. The van der Waals surface area contributed by atoms with Crippen LogP contribution in [0.5, 0.6) is 0 Å². The highest BCUT2D eigenvalue weighted by Gasteiger charge is 2.20. The summed E-state index contributed by atoms with van der Waals surface area (Å²) < 4.78 is 15.2. The fourth-order valence-electron chi connectivity index (χ4n) is 9.54. The highest BCUT2D eigenvalue weighted by molar-refractivity contribution is 6.23. The van der Waals surface area contributed by atoms with Crippen LogP contribution in [0.25, 0.3) is 104 Å². The quantitative estimate of drug-likeness (QED) is 0.175. The normalized spacial score (nSPS) is 12.0. The van der Waals surface area contributed by atoms with Gasteiger partial charge in [0.1, 0.15) is 22.3 Å². The molecule has 60 heavy (non-hydrogen) atoms. The molecule has 10 aromatic carbocycles. The molecule has 0 fully saturated rings. The Morgan fingerprint density at radius 2 is 0.983 bits per heavy atom. The maximum atomic E-state index is 6.42. The van der Waals surface area contributed by atoms with Crippen molar-refractivity contribution in [3.63, 3.8) is 0 Å². The van der Waals surface area contributed by atoms with Crippen molar-refractivity contribution in [1.29, 1.82) is 0 Å². The van der Waals surface area contributed by atoms with Crippen molar-refractivity contribution in [3.05, 3.63) is 206 Å². The minimum absolute atomic E-state index is 0.866. The second-order valence-corrected chi connectivity index (χ2v) is 15.7. The average Bonchev–Trinajstić information content (AvgIpc) is 3.98. The van der Waals surface area contributed by atoms with E-state index in [-0.39, 0.29) is 0 Å². The van der Waals surface area contributed by atoms with Gasteiger partial charge in [0.15, 0.2) is 0 Å². The Hall–Kier alpha value is -8.08. The lowest BCUT2D eigenvalue weighted by molar-refractivity contribution is 0.668. The van der Waals surface area contributed by atoms with E-state index >= 15 is 0 Å². The molecule has 13 rings (SSSR count). The fraction of sp³-hybridized carbons (Fsp3) is 0. The Kier molecular flexibility index (Phi) is 6.98. The molecule has 0 aliphatic heterocycles. The summed E-state index contributed by atoms with van der Waals surface area (Å²) in [7, 11) is 0. The molecule has 0 amide bonds. The molecule has 13 aromatic rings. The van der Waals surface area contributed by atoms with Crippen molar-refractivity contribution in [2.45, 2.75) is 0 Å². The second-order valence-electron chi connectivity index (χ2n) is 15.7. The largest absolute Gasteiger partial charge is 0.456 e. The molecule has 4 heteroatoms. The third-order valence-electron chi connectivity index (χ3n) is 12.3. The predicted octanol–water partition coefficient (Wildman–Crippen LogP) is 16.0. The third kappa shape index (κ3) is 4.98. The summed E-state index contributed by atoms with van der Waals surface area (Å²) in [5.74, 6) is 0. The number of rotatable bonds is 5. The topological polar surface area (TPSA) is 34.5 Å². The Bertz CT molecular complexity index is 3850.